The van der Waals surface area contributed by atoms with Crippen LogP contribution in [0.2, 0.25) is 0 Å². The third-order valence-corrected chi connectivity index (χ3v) is 3.80. The first-order chi connectivity index (χ1) is 10.8. The molecule has 0 aromatic carbocycles. The van der Waals surface area contributed by atoms with Gasteiger partial charge in [0.1, 0.15) is 5.82 Å². The fourth-order valence-electron chi connectivity index (χ4n) is 2.18. The van der Waals surface area contributed by atoms with E-state index in [9.17, 15) is 0 Å². The number of aromatic nitrogens is 1. The number of nitrogens with zero attached hydrogens (tertiary/aromatic N) is 2. The number of hydrogen-bond acceptors (Lipinski definition) is 3. The molecule has 6 heteroatoms. The lowest BCUT2D eigenvalue weighted by atomic mass is 10.0. The normalized spacial score (nSPS) is 11.0. The summed E-state index contributed by atoms with van der Waals surface area (Å²) in [6.07, 6.45) is 6.43. The molecular weight excluding hydrogens is 401 g/mol. The molecule has 0 aliphatic carbocycles. The number of unbranched alkanes of at least 4 members (excludes halogenated alkanes) is 1. The standard InChI is InChI=1S/C17H31N5.HI/c1-4-15(5-2)14-22-17(18-3)21-13-9-8-12-20-16-10-6-7-11-19-16;/h6-7,10-11,15H,4-5,8-9,12-14H2,1-3H3,(H,19,20)(H2,18,21,22);1H. The maximum absolute atomic E-state index is 4.26. The second kappa shape index (κ2) is 14.5. The smallest absolute Gasteiger partial charge is 0.190 e. The molecule has 0 radical (unpaired) electrons. The lowest BCUT2D eigenvalue weighted by Crippen LogP contribution is -2.40. The molecule has 23 heavy (non-hydrogen) atoms. The minimum absolute atomic E-state index is 0. The van der Waals surface area contributed by atoms with Crippen LogP contribution < -0.4 is 16.0 Å². The van der Waals surface area contributed by atoms with Gasteiger partial charge in [-0.15, -0.1) is 24.0 Å². The maximum atomic E-state index is 4.26. The van der Waals surface area contributed by atoms with Gasteiger partial charge in [0.25, 0.3) is 0 Å². The Labute approximate surface area is 158 Å². The second-order valence-electron chi connectivity index (χ2n) is 5.41. The van der Waals surface area contributed by atoms with Crippen LogP contribution >= 0.6 is 24.0 Å². The Morgan fingerprint density at radius 1 is 1.13 bits per heavy atom. The zero-order valence-electron chi connectivity index (χ0n) is 14.6. The molecule has 0 fully saturated rings. The predicted molar refractivity (Wildman–Crippen MR) is 111 cm³/mol. The van der Waals surface area contributed by atoms with Gasteiger partial charge >= 0.3 is 0 Å². The highest BCUT2D eigenvalue weighted by molar-refractivity contribution is 14.0. The van der Waals surface area contributed by atoms with Crippen LogP contribution in [-0.4, -0.2) is 37.6 Å². The zero-order valence-corrected chi connectivity index (χ0v) is 17.0. The summed E-state index contributed by atoms with van der Waals surface area (Å²) in [6, 6.07) is 5.91. The lowest BCUT2D eigenvalue weighted by molar-refractivity contribution is 0.481. The first-order valence-electron chi connectivity index (χ1n) is 8.39. The van der Waals surface area contributed by atoms with Crippen molar-refractivity contribution in [1.82, 2.24) is 15.6 Å². The Hall–Kier alpha value is -1.05. The molecule has 5 nitrogen and oxygen atoms in total. The molecule has 0 aliphatic heterocycles. The molecule has 0 amide bonds. The Morgan fingerprint density at radius 2 is 1.87 bits per heavy atom. The minimum Gasteiger partial charge on any atom is -0.370 e. The van der Waals surface area contributed by atoms with Crippen LogP contribution in [0.25, 0.3) is 0 Å². The number of rotatable bonds is 10. The van der Waals surface area contributed by atoms with Crippen LogP contribution in [0.3, 0.4) is 0 Å². The molecule has 0 bridgehead atoms. The summed E-state index contributed by atoms with van der Waals surface area (Å²) in [5, 5.41) is 10.1. The van der Waals surface area contributed by atoms with Crippen molar-refractivity contribution in [2.75, 3.05) is 32.0 Å². The molecule has 3 N–H and O–H groups in total. The summed E-state index contributed by atoms with van der Waals surface area (Å²) in [5.41, 5.74) is 0. The lowest BCUT2D eigenvalue weighted by Gasteiger charge is -2.16. The number of anilines is 1. The summed E-state index contributed by atoms with van der Waals surface area (Å²) in [4.78, 5) is 8.50. The van der Waals surface area contributed by atoms with Gasteiger partial charge in [-0.05, 0) is 30.9 Å². The van der Waals surface area contributed by atoms with E-state index in [1.165, 1.54) is 12.8 Å². The largest absolute Gasteiger partial charge is 0.370 e. The van der Waals surface area contributed by atoms with Crippen molar-refractivity contribution in [3.63, 3.8) is 0 Å². The minimum atomic E-state index is 0. The van der Waals surface area contributed by atoms with Crippen LogP contribution in [0.4, 0.5) is 5.82 Å². The molecule has 0 atom stereocenters. The zero-order chi connectivity index (χ0) is 16.0. The van der Waals surface area contributed by atoms with Crippen molar-refractivity contribution in [3.8, 4) is 0 Å². The first-order valence-corrected chi connectivity index (χ1v) is 8.39. The van der Waals surface area contributed by atoms with Gasteiger partial charge in [-0.1, -0.05) is 32.8 Å². The molecule has 0 saturated carbocycles. The van der Waals surface area contributed by atoms with Crippen molar-refractivity contribution < 1.29 is 0 Å². The van der Waals surface area contributed by atoms with E-state index < -0.39 is 0 Å². The fraction of sp³-hybridized carbons (Fsp3) is 0.647. The van der Waals surface area contributed by atoms with Gasteiger partial charge in [0.15, 0.2) is 5.96 Å². The highest BCUT2D eigenvalue weighted by Crippen LogP contribution is 2.04. The third-order valence-electron chi connectivity index (χ3n) is 3.80. The molecule has 1 aromatic heterocycles. The van der Waals surface area contributed by atoms with E-state index in [4.69, 9.17) is 0 Å². The van der Waals surface area contributed by atoms with Gasteiger partial charge in [0.05, 0.1) is 0 Å². The molecule has 0 unspecified atom stereocenters. The molecule has 1 aromatic rings. The molecule has 1 rings (SSSR count). The van der Waals surface area contributed by atoms with Crippen LogP contribution in [0.5, 0.6) is 0 Å². The average molecular weight is 433 g/mol. The van der Waals surface area contributed by atoms with Crippen molar-refractivity contribution in [2.24, 2.45) is 10.9 Å². The predicted octanol–water partition coefficient (Wildman–Crippen LogP) is 3.49. The SMILES string of the molecule is CCC(CC)CNC(=NC)NCCCCNc1ccccn1.I. The van der Waals surface area contributed by atoms with E-state index in [2.05, 4.69) is 39.8 Å². The van der Waals surface area contributed by atoms with Gasteiger partial charge in [0.2, 0.25) is 0 Å². The summed E-state index contributed by atoms with van der Waals surface area (Å²) >= 11 is 0. The van der Waals surface area contributed by atoms with Crippen molar-refractivity contribution in [1.29, 1.82) is 0 Å². The van der Waals surface area contributed by atoms with Gasteiger partial charge in [0, 0.05) is 32.9 Å². The average Bonchev–Trinajstić information content (AvgIpc) is 2.57. The van der Waals surface area contributed by atoms with Crippen LogP contribution in [0, 0.1) is 5.92 Å². The fourth-order valence-corrected chi connectivity index (χ4v) is 2.18. The number of halogens is 1. The van der Waals surface area contributed by atoms with Crippen LogP contribution in [0.15, 0.2) is 29.4 Å². The van der Waals surface area contributed by atoms with Gasteiger partial charge in [-0.25, -0.2) is 4.98 Å². The third kappa shape index (κ3) is 10.4. The summed E-state index contributed by atoms with van der Waals surface area (Å²) < 4.78 is 0. The number of pyridine rings is 1. The quantitative estimate of drug-likeness (QED) is 0.229. The maximum Gasteiger partial charge on any atom is 0.190 e. The molecular formula is C17H32IN5. The highest BCUT2D eigenvalue weighted by Gasteiger charge is 2.04. The number of aliphatic imine (C=N–C) groups is 1. The van der Waals surface area contributed by atoms with E-state index in [1.807, 2.05) is 25.2 Å². The highest BCUT2D eigenvalue weighted by atomic mass is 127. The molecule has 0 spiro atoms. The Bertz CT molecular complexity index is 407. The van der Waals surface area contributed by atoms with Crippen molar-refractivity contribution >= 4 is 35.8 Å². The Kier molecular flexibility index (Phi) is 13.9. The Balaban J connectivity index is 0.00000484. The number of nitrogens with one attached hydrogen (secondary N) is 3. The number of hydrogen-bond donors (Lipinski definition) is 3. The second-order valence-corrected chi connectivity index (χ2v) is 5.41. The van der Waals surface area contributed by atoms with E-state index in [-0.39, 0.29) is 24.0 Å². The van der Waals surface area contributed by atoms with Crippen LogP contribution in [0.1, 0.15) is 39.5 Å². The molecule has 0 saturated heterocycles. The summed E-state index contributed by atoms with van der Waals surface area (Å²) in [7, 11) is 1.82. The van der Waals surface area contributed by atoms with E-state index >= 15 is 0 Å². The topological polar surface area (TPSA) is 61.3 Å². The number of guanidine groups is 1. The van der Waals surface area contributed by atoms with E-state index in [0.29, 0.717) is 0 Å². The van der Waals surface area contributed by atoms with Gasteiger partial charge < -0.3 is 16.0 Å². The van der Waals surface area contributed by atoms with Gasteiger partial charge in [-0.2, -0.15) is 0 Å². The summed E-state index contributed by atoms with van der Waals surface area (Å²) in [6.45, 7) is 7.35. The van der Waals surface area contributed by atoms with Crippen molar-refractivity contribution in [2.45, 2.75) is 39.5 Å². The first kappa shape index (κ1) is 21.9. The molecule has 0 aliphatic rings. The monoisotopic (exact) mass is 433 g/mol. The van der Waals surface area contributed by atoms with Crippen molar-refractivity contribution in [3.05, 3.63) is 24.4 Å². The van der Waals surface area contributed by atoms with E-state index in [0.717, 1.165) is 50.2 Å². The molecule has 1 heterocycles. The van der Waals surface area contributed by atoms with Crippen LogP contribution in [-0.2, 0) is 0 Å². The van der Waals surface area contributed by atoms with E-state index in [1.54, 1.807) is 6.20 Å². The van der Waals surface area contributed by atoms with Gasteiger partial charge in [-0.3, -0.25) is 4.99 Å². The Morgan fingerprint density at radius 3 is 2.48 bits per heavy atom. The summed E-state index contributed by atoms with van der Waals surface area (Å²) in [5.74, 6) is 2.57. The molecule has 132 valence electrons.